The average molecular weight is 400 g/mol. The van der Waals surface area contributed by atoms with Gasteiger partial charge in [-0.1, -0.05) is 30.3 Å². The van der Waals surface area contributed by atoms with E-state index >= 15 is 0 Å². The third kappa shape index (κ3) is 4.65. The fourth-order valence-electron chi connectivity index (χ4n) is 3.12. The lowest BCUT2D eigenvalue weighted by molar-refractivity contribution is -0.145. The summed E-state index contributed by atoms with van der Waals surface area (Å²) >= 11 is 6.34. The number of halogens is 1. The number of sulfone groups is 1. The fraction of sp³-hybridized carbons (Fsp3) is 0.444. The van der Waals surface area contributed by atoms with Crippen LogP contribution in [-0.4, -0.2) is 51.1 Å². The summed E-state index contributed by atoms with van der Waals surface area (Å²) in [6.07, 6.45) is -0.156. The van der Waals surface area contributed by atoms with Crippen molar-refractivity contribution in [3.05, 3.63) is 46.3 Å². The maximum atomic E-state index is 12.4. The van der Waals surface area contributed by atoms with E-state index in [1.54, 1.807) is 0 Å². The molecule has 26 heavy (non-hydrogen) atoms. The van der Waals surface area contributed by atoms with Crippen LogP contribution in [0.2, 0.25) is 5.02 Å². The van der Waals surface area contributed by atoms with Gasteiger partial charge in [0.2, 0.25) is 5.91 Å². The molecule has 0 aromatic heterocycles. The zero-order chi connectivity index (χ0) is 19.5. The largest absolute Gasteiger partial charge is 0.469 e. The zero-order valence-electron chi connectivity index (χ0n) is 14.8. The van der Waals surface area contributed by atoms with Crippen molar-refractivity contribution in [3.63, 3.8) is 0 Å². The molecule has 0 saturated carbocycles. The lowest BCUT2D eigenvalue weighted by atomic mass is 9.88. The summed E-state index contributed by atoms with van der Waals surface area (Å²) in [5, 5.41) is 1.38. The van der Waals surface area contributed by atoms with Gasteiger partial charge in [0.05, 0.1) is 18.8 Å². The molecule has 1 aromatic rings. The molecular weight excluding hydrogens is 378 g/mol. The van der Waals surface area contributed by atoms with Crippen LogP contribution in [0.15, 0.2) is 30.2 Å². The lowest BCUT2D eigenvalue weighted by Crippen LogP contribution is -2.31. The Labute approximate surface area is 158 Å². The van der Waals surface area contributed by atoms with Crippen molar-refractivity contribution in [1.82, 2.24) is 4.90 Å². The minimum atomic E-state index is -3.45. The van der Waals surface area contributed by atoms with Gasteiger partial charge in [0.1, 0.15) is 0 Å². The van der Waals surface area contributed by atoms with E-state index in [1.165, 1.54) is 12.0 Å². The molecule has 0 bridgehead atoms. The molecule has 2 atom stereocenters. The van der Waals surface area contributed by atoms with Crippen molar-refractivity contribution < 1.29 is 22.7 Å². The quantitative estimate of drug-likeness (QED) is 0.685. The van der Waals surface area contributed by atoms with Crippen LogP contribution in [0.1, 0.15) is 23.5 Å². The predicted molar refractivity (Wildman–Crippen MR) is 99.6 cm³/mol. The molecule has 1 aliphatic heterocycles. The molecule has 6 nitrogen and oxygen atoms in total. The number of aryl methyl sites for hydroxylation is 1. The SMILES string of the molecule is C=CS(=O)(=O)CCC(=O)N1C[C@@H](C(=O)OC)[C@H](c2ccc(C)cc2Cl)C1. The van der Waals surface area contributed by atoms with Crippen LogP contribution in [0, 0.1) is 12.8 Å². The summed E-state index contributed by atoms with van der Waals surface area (Å²) in [5.74, 6) is -1.88. The molecule has 1 fully saturated rings. The highest BCUT2D eigenvalue weighted by molar-refractivity contribution is 7.94. The van der Waals surface area contributed by atoms with Gasteiger partial charge in [-0.15, -0.1) is 0 Å². The van der Waals surface area contributed by atoms with E-state index in [-0.39, 0.29) is 37.1 Å². The van der Waals surface area contributed by atoms with E-state index in [1.807, 2.05) is 25.1 Å². The lowest BCUT2D eigenvalue weighted by Gasteiger charge is -2.18. The molecule has 0 aliphatic carbocycles. The molecular formula is C18H22ClNO5S. The number of nitrogens with zero attached hydrogens (tertiary/aromatic N) is 1. The molecule has 0 unspecified atom stereocenters. The summed E-state index contributed by atoms with van der Waals surface area (Å²) in [6, 6.07) is 5.57. The minimum Gasteiger partial charge on any atom is -0.469 e. The molecule has 142 valence electrons. The number of carbonyl (C=O) groups excluding carboxylic acids is 2. The summed E-state index contributed by atoms with van der Waals surface area (Å²) in [7, 11) is -2.15. The van der Waals surface area contributed by atoms with Crippen LogP contribution in [0.4, 0.5) is 0 Å². The first-order chi connectivity index (χ1) is 12.2. The molecule has 1 heterocycles. The van der Waals surface area contributed by atoms with Gasteiger partial charge in [-0.3, -0.25) is 9.59 Å². The van der Waals surface area contributed by atoms with E-state index < -0.39 is 21.7 Å². The van der Waals surface area contributed by atoms with Crippen LogP contribution in [0.3, 0.4) is 0 Å². The Balaban J connectivity index is 2.21. The van der Waals surface area contributed by atoms with Crippen LogP contribution < -0.4 is 0 Å². The van der Waals surface area contributed by atoms with E-state index in [9.17, 15) is 18.0 Å². The number of esters is 1. The smallest absolute Gasteiger partial charge is 0.311 e. The number of ether oxygens (including phenoxy) is 1. The van der Waals surface area contributed by atoms with Crippen LogP contribution in [0.25, 0.3) is 0 Å². The van der Waals surface area contributed by atoms with Crippen molar-refractivity contribution >= 4 is 33.3 Å². The number of carbonyl (C=O) groups is 2. The molecule has 2 rings (SSSR count). The highest BCUT2D eigenvalue weighted by atomic mass is 35.5. The van der Waals surface area contributed by atoms with Crippen molar-refractivity contribution in [2.75, 3.05) is 26.0 Å². The first kappa shape index (κ1) is 20.5. The van der Waals surface area contributed by atoms with Gasteiger partial charge in [0, 0.05) is 35.9 Å². The van der Waals surface area contributed by atoms with Gasteiger partial charge < -0.3 is 9.64 Å². The molecule has 1 aliphatic rings. The highest BCUT2D eigenvalue weighted by Gasteiger charge is 2.41. The van der Waals surface area contributed by atoms with Crippen molar-refractivity contribution in [1.29, 1.82) is 0 Å². The van der Waals surface area contributed by atoms with Crippen LogP contribution >= 0.6 is 11.6 Å². The Morgan fingerprint density at radius 3 is 2.65 bits per heavy atom. The molecule has 1 aromatic carbocycles. The predicted octanol–water partition coefficient (Wildman–Crippen LogP) is 2.31. The second-order valence-electron chi connectivity index (χ2n) is 6.34. The maximum absolute atomic E-state index is 12.4. The number of benzene rings is 1. The standard InChI is InChI=1S/C18H22ClNO5S/c1-4-26(23,24)8-7-17(21)20-10-14(15(11-20)18(22)25-3)13-6-5-12(2)9-16(13)19/h4-6,9,14-15H,1,7-8,10-11H2,2-3H3/t14-,15+/m0/s1. The maximum Gasteiger partial charge on any atom is 0.311 e. The highest BCUT2D eigenvalue weighted by Crippen LogP contribution is 2.37. The topological polar surface area (TPSA) is 80.8 Å². The van der Waals surface area contributed by atoms with Crippen molar-refractivity contribution in [2.24, 2.45) is 5.92 Å². The van der Waals surface area contributed by atoms with Gasteiger partial charge in [0.25, 0.3) is 0 Å². The van der Waals surface area contributed by atoms with E-state index in [0.29, 0.717) is 5.02 Å². The Bertz CT molecular complexity index is 821. The normalized spacial score (nSPS) is 20.0. The molecule has 1 amide bonds. The number of hydrogen-bond acceptors (Lipinski definition) is 5. The zero-order valence-corrected chi connectivity index (χ0v) is 16.3. The third-order valence-electron chi connectivity index (χ3n) is 4.59. The van der Waals surface area contributed by atoms with Crippen LogP contribution in [-0.2, 0) is 24.2 Å². The first-order valence-corrected chi connectivity index (χ1v) is 10.2. The molecule has 1 saturated heterocycles. The summed E-state index contributed by atoms with van der Waals surface area (Å²) in [4.78, 5) is 26.1. The van der Waals surface area contributed by atoms with Gasteiger partial charge in [-0.2, -0.15) is 0 Å². The van der Waals surface area contributed by atoms with E-state index in [4.69, 9.17) is 16.3 Å². The molecule has 0 spiro atoms. The summed E-state index contributed by atoms with van der Waals surface area (Å²) < 4.78 is 27.9. The summed E-state index contributed by atoms with van der Waals surface area (Å²) in [5.41, 5.74) is 1.77. The first-order valence-electron chi connectivity index (χ1n) is 8.15. The Morgan fingerprint density at radius 1 is 1.38 bits per heavy atom. The van der Waals surface area contributed by atoms with Crippen molar-refractivity contribution in [2.45, 2.75) is 19.3 Å². The third-order valence-corrected chi connectivity index (χ3v) is 6.19. The Morgan fingerprint density at radius 2 is 2.08 bits per heavy atom. The average Bonchev–Trinajstić information content (AvgIpc) is 3.04. The second-order valence-corrected chi connectivity index (χ2v) is 8.82. The van der Waals surface area contributed by atoms with Gasteiger partial charge in [0.15, 0.2) is 9.84 Å². The molecule has 8 heteroatoms. The number of rotatable bonds is 6. The summed E-state index contributed by atoms with van der Waals surface area (Å²) in [6.45, 7) is 5.61. The molecule has 0 radical (unpaired) electrons. The minimum absolute atomic E-state index is 0.156. The van der Waals surface area contributed by atoms with Crippen LogP contribution in [0.5, 0.6) is 0 Å². The van der Waals surface area contributed by atoms with Gasteiger partial charge in [-0.05, 0) is 24.1 Å². The fourth-order valence-corrected chi connectivity index (χ4v) is 4.12. The number of likely N-dealkylation sites (tertiary alicyclic amines) is 1. The molecule has 0 N–H and O–H groups in total. The Kier molecular flexibility index (Phi) is 6.47. The van der Waals surface area contributed by atoms with E-state index in [2.05, 4.69) is 6.58 Å². The monoisotopic (exact) mass is 399 g/mol. The second kappa shape index (κ2) is 8.22. The Hall–Kier alpha value is -1.86. The number of hydrogen-bond donors (Lipinski definition) is 0. The van der Waals surface area contributed by atoms with E-state index in [0.717, 1.165) is 16.5 Å². The van der Waals surface area contributed by atoms with Gasteiger partial charge in [-0.25, -0.2) is 8.42 Å². The van der Waals surface area contributed by atoms with Gasteiger partial charge >= 0.3 is 5.97 Å². The number of amides is 1. The van der Waals surface area contributed by atoms with Crippen molar-refractivity contribution in [3.8, 4) is 0 Å². The number of methoxy groups -OCH3 is 1.